The van der Waals surface area contributed by atoms with Crippen molar-refractivity contribution < 1.29 is 12.8 Å². The van der Waals surface area contributed by atoms with E-state index >= 15 is 0 Å². The number of hydrogen-bond donors (Lipinski definition) is 0. The minimum absolute atomic E-state index is 0.341. The van der Waals surface area contributed by atoms with Crippen molar-refractivity contribution >= 4 is 44.7 Å². The number of piperidine rings is 1. The Hall–Kier alpha value is -0.470. The number of furan rings is 1. The zero-order chi connectivity index (χ0) is 16.3. The van der Waals surface area contributed by atoms with E-state index in [1.54, 1.807) is 22.7 Å². The second kappa shape index (κ2) is 7.61. The van der Waals surface area contributed by atoms with Gasteiger partial charge in [-0.3, -0.25) is 0 Å². The van der Waals surface area contributed by atoms with E-state index in [1.165, 1.54) is 0 Å². The van der Waals surface area contributed by atoms with Gasteiger partial charge in [0.2, 0.25) is 0 Å². The molecule has 0 amide bonds. The summed E-state index contributed by atoms with van der Waals surface area (Å²) in [5.41, 5.74) is 0. The molecule has 2 aromatic rings. The summed E-state index contributed by atoms with van der Waals surface area (Å²) in [7, 11) is -3.37. The van der Waals surface area contributed by atoms with Crippen LogP contribution in [0, 0.1) is 5.92 Å². The second-order valence-electron chi connectivity index (χ2n) is 5.50. The Morgan fingerprint density at radius 1 is 1.30 bits per heavy atom. The molecule has 0 bridgehead atoms. The molecule has 0 spiro atoms. The lowest BCUT2D eigenvalue weighted by atomic mass is 10.0. The van der Waals surface area contributed by atoms with Crippen molar-refractivity contribution in [1.29, 1.82) is 0 Å². The highest BCUT2D eigenvalue weighted by atomic mass is 35.5. The molecule has 0 aliphatic carbocycles. The molecule has 0 aromatic carbocycles. The Morgan fingerprint density at radius 3 is 2.70 bits per heavy atom. The first-order chi connectivity index (χ1) is 11.1. The van der Waals surface area contributed by atoms with Gasteiger partial charge in [-0.2, -0.15) is 16.1 Å². The number of sulfonamides is 1. The number of thiophene rings is 1. The fourth-order valence-electron chi connectivity index (χ4n) is 2.60. The van der Waals surface area contributed by atoms with Gasteiger partial charge in [0.05, 0.1) is 16.4 Å². The van der Waals surface area contributed by atoms with Crippen molar-refractivity contribution in [2.24, 2.45) is 5.92 Å². The lowest BCUT2D eigenvalue weighted by Gasteiger charge is -2.30. The largest absolute Gasteiger partial charge is 0.468 e. The number of halogens is 1. The zero-order valence-electron chi connectivity index (χ0n) is 12.5. The van der Waals surface area contributed by atoms with Crippen molar-refractivity contribution in [2.75, 3.05) is 18.8 Å². The topological polar surface area (TPSA) is 50.5 Å². The van der Waals surface area contributed by atoms with E-state index in [-0.39, 0.29) is 0 Å². The van der Waals surface area contributed by atoms with E-state index in [0.29, 0.717) is 27.6 Å². The highest BCUT2D eigenvalue weighted by molar-refractivity contribution is 7.98. The van der Waals surface area contributed by atoms with Gasteiger partial charge in [-0.25, -0.2) is 8.42 Å². The summed E-state index contributed by atoms with van der Waals surface area (Å²) in [6, 6.07) is 7.11. The van der Waals surface area contributed by atoms with E-state index in [2.05, 4.69) is 0 Å². The summed E-state index contributed by atoms with van der Waals surface area (Å²) in [5.74, 6) is 3.47. The van der Waals surface area contributed by atoms with Crippen LogP contribution in [0.4, 0.5) is 0 Å². The maximum Gasteiger partial charge on any atom is 0.252 e. The number of hydrogen-bond acceptors (Lipinski definition) is 5. The number of thioether (sulfide) groups is 1. The molecule has 1 fully saturated rings. The zero-order valence-corrected chi connectivity index (χ0v) is 15.7. The van der Waals surface area contributed by atoms with Gasteiger partial charge in [0.1, 0.15) is 9.97 Å². The van der Waals surface area contributed by atoms with Gasteiger partial charge >= 0.3 is 0 Å². The minimum Gasteiger partial charge on any atom is -0.468 e. The molecule has 1 saturated heterocycles. The third kappa shape index (κ3) is 4.33. The van der Waals surface area contributed by atoms with Crippen LogP contribution in [0.25, 0.3) is 0 Å². The monoisotopic (exact) mass is 391 g/mol. The molecule has 23 heavy (non-hydrogen) atoms. The average Bonchev–Trinajstić information content (AvgIpc) is 3.20. The van der Waals surface area contributed by atoms with Gasteiger partial charge in [0, 0.05) is 13.1 Å². The average molecular weight is 392 g/mol. The Labute approximate surface area is 149 Å². The van der Waals surface area contributed by atoms with Gasteiger partial charge < -0.3 is 4.42 Å². The molecule has 1 aliphatic heterocycles. The molecule has 0 atom stereocenters. The predicted octanol–water partition coefficient (Wildman–Crippen LogP) is 4.33. The Kier molecular flexibility index (Phi) is 5.74. The van der Waals surface area contributed by atoms with Crippen LogP contribution in [0.3, 0.4) is 0 Å². The third-order valence-corrected chi connectivity index (χ3v) is 8.69. The first-order valence-electron chi connectivity index (χ1n) is 7.41. The maximum absolute atomic E-state index is 12.5. The smallest absolute Gasteiger partial charge is 0.252 e. The number of rotatable bonds is 6. The Morgan fingerprint density at radius 2 is 2.09 bits per heavy atom. The van der Waals surface area contributed by atoms with E-state index in [0.717, 1.165) is 41.4 Å². The van der Waals surface area contributed by atoms with Gasteiger partial charge in [-0.05, 0) is 48.8 Å². The quantitative estimate of drug-likeness (QED) is 0.735. The first-order valence-corrected chi connectivity index (χ1v) is 11.2. The van der Waals surface area contributed by atoms with Gasteiger partial charge in [0.25, 0.3) is 10.0 Å². The molecule has 2 aromatic heterocycles. The van der Waals surface area contributed by atoms with Gasteiger partial charge in [-0.1, -0.05) is 11.6 Å². The molecule has 3 rings (SSSR count). The Bertz CT molecular complexity index is 719. The lowest BCUT2D eigenvalue weighted by molar-refractivity contribution is 0.291. The van der Waals surface area contributed by atoms with Crippen LogP contribution in [0.5, 0.6) is 0 Å². The van der Waals surface area contributed by atoms with Crippen molar-refractivity contribution in [3.8, 4) is 0 Å². The molecule has 0 unspecified atom stereocenters. The first kappa shape index (κ1) is 17.4. The standard InChI is InChI=1S/C15H18ClNO3S3/c16-14-3-4-15(22-14)23(18,19)17-7-5-12(6-8-17)10-21-11-13-2-1-9-20-13/h1-4,9,12H,5-8,10-11H2. The van der Waals surface area contributed by atoms with Crippen molar-refractivity contribution in [2.45, 2.75) is 22.8 Å². The predicted molar refractivity (Wildman–Crippen MR) is 95.7 cm³/mol. The summed E-state index contributed by atoms with van der Waals surface area (Å²) in [4.78, 5) is 0. The van der Waals surface area contributed by atoms with Crippen LogP contribution >= 0.6 is 34.7 Å². The maximum atomic E-state index is 12.5. The molecule has 8 heteroatoms. The second-order valence-corrected chi connectivity index (χ2v) is 10.4. The fourth-order valence-corrected chi connectivity index (χ4v) is 6.86. The summed E-state index contributed by atoms with van der Waals surface area (Å²) < 4.78 is 32.8. The SMILES string of the molecule is O=S(=O)(c1ccc(Cl)s1)N1CCC(CSCc2ccco2)CC1. The molecule has 0 N–H and O–H groups in total. The molecule has 0 radical (unpaired) electrons. The van der Waals surface area contributed by atoms with Crippen LogP contribution in [0.2, 0.25) is 4.34 Å². The Balaban J connectivity index is 1.48. The molecule has 3 heterocycles. The molecule has 0 saturated carbocycles. The van der Waals surface area contributed by atoms with Crippen LogP contribution in [-0.4, -0.2) is 31.6 Å². The van der Waals surface area contributed by atoms with E-state index in [4.69, 9.17) is 16.0 Å². The van der Waals surface area contributed by atoms with E-state index in [1.807, 2.05) is 23.9 Å². The van der Waals surface area contributed by atoms with E-state index < -0.39 is 10.0 Å². The minimum atomic E-state index is -3.37. The van der Waals surface area contributed by atoms with Crippen LogP contribution in [0.15, 0.2) is 39.2 Å². The summed E-state index contributed by atoms with van der Waals surface area (Å²) in [6.45, 7) is 1.17. The third-order valence-electron chi connectivity index (χ3n) is 3.89. The molecule has 1 aliphatic rings. The van der Waals surface area contributed by atoms with Crippen LogP contribution < -0.4 is 0 Å². The van der Waals surface area contributed by atoms with Crippen LogP contribution in [-0.2, 0) is 15.8 Å². The van der Waals surface area contributed by atoms with E-state index in [9.17, 15) is 8.42 Å². The van der Waals surface area contributed by atoms with Crippen molar-refractivity contribution in [3.05, 3.63) is 40.6 Å². The fraction of sp³-hybridized carbons (Fsp3) is 0.467. The number of nitrogens with zero attached hydrogens (tertiary/aromatic N) is 1. The molecular weight excluding hydrogens is 374 g/mol. The highest BCUT2D eigenvalue weighted by Gasteiger charge is 2.30. The lowest BCUT2D eigenvalue weighted by Crippen LogP contribution is -2.38. The molecule has 4 nitrogen and oxygen atoms in total. The summed E-state index contributed by atoms with van der Waals surface area (Å²) >= 11 is 8.82. The van der Waals surface area contributed by atoms with Crippen molar-refractivity contribution in [3.63, 3.8) is 0 Å². The van der Waals surface area contributed by atoms with Crippen molar-refractivity contribution in [1.82, 2.24) is 4.31 Å². The van der Waals surface area contributed by atoms with Crippen LogP contribution in [0.1, 0.15) is 18.6 Å². The summed E-state index contributed by atoms with van der Waals surface area (Å²) in [6.07, 6.45) is 3.50. The van der Waals surface area contributed by atoms with Gasteiger partial charge in [0.15, 0.2) is 0 Å². The highest BCUT2D eigenvalue weighted by Crippen LogP contribution is 2.31. The molecule has 126 valence electrons. The molecular formula is C15H18ClNO3S3. The van der Waals surface area contributed by atoms with Gasteiger partial charge in [-0.15, -0.1) is 11.3 Å². The summed E-state index contributed by atoms with van der Waals surface area (Å²) in [5, 5.41) is 0. The normalized spacial score (nSPS) is 17.6.